The first-order valence-corrected chi connectivity index (χ1v) is 12.2. The summed E-state index contributed by atoms with van der Waals surface area (Å²) in [6.45, 7) is 10.5. The Hall–Kier alpha value is -3.68. The fourth-order valence-electron chi connectivity index (χ4n) is 5.40. The number of para-hydroxylation sites is 1. The smallest absolute Gasteiger partial charge is 0.0831 e. The average molecular weight is 464 g/mol. The molecule has 0 bridgehead atoms. The lowest BCUT2D eigenvalue weighted by Crippen LogP contribution is -2.50. The Bertz CT molecular complexity index is 1500. The van der Waals surface area contributed by atoms with E-state index in [4.69, 9.17) is 0 Å². The largest absolute Gasteiger partial charge is 0.390 e. The number of benzene rings is 3. The normalized spacial score (nSPS) is 18.4. The highest BCUT2D eigenvalue weighted by molar-refractivity contribution is 5.98. The van der Waals surface area contributed by atoms with Crippen molar-refractivity contribution in [1.29, 1.82) is 0 Å². The van der Waals surface area contributed by atoms with E-state index in [9.17, 15) is 5.11 Å². The first-order chi connectivity index (χ1) is 16.7. The van der Waals surface area contributed by atoms with Gasteiger partial charge in [-0.25, -0.2) is 0 Å². The minimum absolute atomic E-state index is 0.0718. The van der Waals surface area contributed by atoms with Crippen LogP contribution in [0.1, 0.15) is 54.5 Å². The number of hydrogen-bond donors (Lipinski definition) is 4. The van der Waals surface area contributed by atoms with Gasteiger partial charge in [0.1, 0.15) is 0 Å². The number of aromatic amines is 1. The molecule has 178 valence electrons. The molecular formula is C31H33N3O. The lowest BCUT2D eigenvalue weighted by Gasteiger charge is -2.43. The number of aliphatic hydroxyl groups is 1. The molecule has 4 N–H and O–H groups in total. The SMILES string of the molecule is CNc1cccc(C#Cc2c(-c3cccc4c(C)c[nH]c34)cc(C)c3c2[C@H](C)C(O)C(C)(C)N3)c1. The number of H-pyrrole nitrogens is 1. The number of rotatable bonds is 2. The quantitative estimate of drug-likeness (QED) is 0.255. The van der Waals surface area contributed by atoms with Gasteiger partial charge in [-0.05, 0) is 68.7 Å². The number of nitrogens with one attached hydrogen (secondary N) is 3. The topological polar surface area (TPSA) is 60.1 Å². The minimum atomic E-state index is -0.540. The van der Waals surface area contributed by atoms with Gasteiger partial charge in [-0.3, -0.25) is 0 Å². The second-order valence-corrected chi connectivity index (χ2v) is 10.3. The van der Waals surface area contributed by atoms with Gasteiger partial charge in [0.25, 0.3) is 0 Å². The molecule has 4 aromatic rings. The lowest BCUT2D eigenvalue weighted by molar-refractivity contribution is 0.0868. The van der Waals surface area contributed by atoms with Crippen LogP contribution < -0.4 is 10.6 Å². The molecule has 1 aliphatic rings. The van der Waals surface area contributed by atoms with Gasteiger partial charge in [0, 0.05) is 58.2 Å². The molecule has 4 nitrogen and oxygen atoms in total. The molecule has 2 heterocycles. The number of hydrogen-bond acceptors (Lipinski definition) is 3. The second-order valence-electron chi connectivity index (χ2n) is 10.3. The van der Waals surface area contributed by atoms with Crippen LogP contribution in [0, 0.1) is 25.7 Å². The van der Waals surface area contributed by atoms with E-state index in [1.807, 2.05) is 25.2 Å². The van der Waals surface area contributed by atoms with E-state index in [-0.39, 0.29) is 5.92 Å². The summed E-state index contributed by atoms with van der Waals surface area (Å²) >= 11 is 0. The molecule has 0 amide bonds. The van der Waals surface area contributed by atoms with Crippen LogP contribution in [0.25, 0.3) is 22.0 Å². The van der Waals surface area contributed by atoms with E-state index in [1.54, 1.807) is 0 Å². The number of fused-ring (bicyclic) bond motifs is 2. The van der Waals surface area contributed by atoms with Crippen LogP contribution in [-0.4, -0.2) is 28.8 Å². The third-order valence-corrected chi connectivity index (χ3v) is 7.37. The van der Waals surface area contributed by atoms with Crippen molar-refractivity contribution < 1.29 is 5.11 Å². The zero-order chi connectivity index (χ0) is 24.9. The summed E-state index contributed by atoms with van der Waals surface area (Å²) in [5.41, 5.74) is 10.4. The van der Waals surface area contributed by atoms with E-state index in [0.717, 1.165) is 50.3 Å². The fourth-order valence-corrected chi connectivity index (χ4v) is 5.40. The fraction of sp³-hybridized carbons (Fsp3) is 0.290. The monoisotopic (exact) mass is 463 g/mol. The first kappa shape index (κ1) is 23.1. The van der Waals surface area contributed by atoms with Crippen molar-refractivity contribution in [3.8, 4) is 23.0 Å². The van der Waals surface area contributed by atoms with Gasteiger partial charge in [0.05, 0.1) is 17.2 Å². The van der Waals surface area contributed by atoms with Crippen LogP contribution in [0.2, 0.25) is 0 Å². The van der Waals surface area contributed by atoms with Crippen LogP contribution in [0.3, 0.4) is 0 Å². The molecule has 3 aromatic carbocycles. The van der Waals surface area contributed by atoms with E-state index >= 15 is 0 Å². The highest BCUT2D eigenvalue weighted by Crippen LogP contribution is 2.46. The highest BCUT2D eigenvalue weighted by atomic mass is 16.3. The molecule has 0 fully saturated rings. The molecule has 1 aliphatic heterocycles. The first-order valence-electron chi connectivity index (χ1n) is 12.2. The lowest BCUT2D eigenvalue weighted by atomic mass is 9.75. The Morgan fingerprint density at radius 2 is 1.74 bits per heavy atom. The summed E-state index contributed by atoms with van der Waals surface area (Å²) < 4.78 is 0. The van der Waals surface area contributed by atoms with Crippen molar-refractivity contribution in [1.82, 2.24) is 4.98 Å². The van der Waals surface area contributed by atoms with Crippen LogP contribution in [-0.2, 0) is 0 Å². The third-order valence-electron chi connectivity index (χ3n) is 7.37. The number of anilines is 2. The highest BCUT2D eigenvalue weighted by Gasteiger charge is 2.40. The van der Waals surface area contributed by atoms with Crippen molar-refractivity contribution in [3.05, 3.63) is 82.5 Å². The average Bonchev–Trinajstić information content (AvgIpc) is 3.23. The van der Waals surface area contributed by atoms with Gasteiger partial charge in [-0.2, -0.15) is 0 Å². The van der Waals surface area contributed by atoms with E-state index in [0.29, 0.717) is 0 Å². The zero-order valence-electron chi connectivity index (χ0n) is 21.3. The summed E-state index contributed by atoms with van der Waals surface area (Å²) in [5.74, 6) is 6.89. The van der Waals surface area contributed by atoms with Gasteiger partial charge in [-0.1, -0.05) is 43.0 Å². The summed E-state index contributed by atoms with van der Waals surface area (Å²) in [6, 6.07) is 16.8. The minimum Gasteiger partial charge on any atom is -0.390 e. The molecular weight excluding hydrogens is 430 g/mol. The summed E-state index contributed by atoms with van der Waals surface area (Å²) in [5, 5.41) is 19.3. The van der Waals surface area contributed by atoms with Crippen molar-refractivity contribution >= 4 is 22.3 Å². The molecule has 1 aromatic heterocycles. The Kier molecular flexibility index (Phi) is 5.62. The summed E-state index contributed by atoms with van der Waals surface area (Å²) in [6.07, 6.45) is 1.52. The van der Waals surface area contributed by atoms with Crippen molar-refractivity contribution in [2.24, 2.45) is 0 Å². The third kappa shape index (κ3) is 3.87. The molecule has 0 saturated carbocycles. The molecule has 0 spiro atoms. The molecule has 0 aliphatic carbocycles. The number of aliphatic hydroxyl groups excluding tert-OH is 1. The van der Waals surface area contributed by atoms with Crippen LogP contribution in [0.5, 0.6) is 0 Å². The number of aromatic nitrogens is 1. The predicted molar refractivity (Wildman–Crippen MR) is 147 cm³/mol. The maximum Gasteiger partial charge on any atom is 0.0831 e. The maximum absolute atomic E-state index is 11.2. The molecule has 1 unspecified atom stereocenters. The van der Waals surface area contributed by atoms with E-state index in [1.165, 1.54) is 10.9 Å². The standard InChI is InChI=1S/C31H33N3O/c1-18-15-26(25-12-8-11-23-19(2)17-33-29(23)25)24(14-13-21-9-7-10-22(16-21)32-6)27-20(3)30(35)31(4,5)34-28(18)27/h7-12,15-17,20,30,32-35H,1-6H3/t20-,30?/m0/s1. The number of aryl methyl sites for hydroxylation is 2. The second kappa shape index (κ2) is 8.52. The Balaban J connectivity index is 1.81. The van der Waals surface area contributed by atoms with Crippen molar-refractivity contribution in [3.63, 3.8) is 0 Å². The van der Waals surface area contributed by atoms with Crippen LogP contribution >= 0.6 is 0 Å². The van der Waals surface area contributed by atoms with Crippen molar-refractivity contribution in [2.45, 2.75) is 52.2 Å². The van der Waals surface area contributed by atoms with Gasteiger partial charge in [0.2, 0.25) is 0 Å². The Morgan fingerprint density at radius 1 is 0.971 bits per heavy atom. The molecule has 0 radical (unpaired) electrons. The summed E-state index contributed by atoms with van der Waals surface area (Å²) in [4.78, 5) is 3.48. The van der Waals surface area contributed by atoms with Gasteiger partial charge < -0.3 is 20.7 Å². The molecule has 4 heteroatoms. The van der Waals surface area contributed by atoms with Crippen LogP contribution in [0.15, 0.2) is 54.7 Å². The summed E-state index contributed by atoms with van der Waals surface area (Å²) in [7, 11) is 1.91. The Labute approximate surface area is 207 Å². The van der Waals surface area contributed by atoms with Gasteiger partial charge in [0.15, 0.2) is 0 Å². The predicted octanol–water partition coefficient (Wildman–Crippen LogP) is 6.56. The molecule has 2 atom stereocenters. The van der Waals surface area contributed by atoms with E-state index in [2.05, 4.69) is 98.6 Å². The molecule has 0 saturated heterocycles. The van der Waals surface area contributed by atoms with E-state index < -0.39 is 11.6 Å². The molecule has 5 rings (SSSR count). The zero-order valence-corrected chi connectivity index (χ0v) is 21.3. The van der Waals surface area contributed by atoms with Gasteiger partial charge >= 0.3 is 0 Å². The van der Waals surface area contributed by atoms with Gasteiger partial charge in [-0.15, -0.1) is 0 Å². The van der Waals surface area contributed by atoms with Crippen molar-refractivity contribution in [2.75, 3.05) is 17.7 Å². The molecule has 35 heavy (non-hydrogen) atoms. The maximum atomic E-state index is 11.2. The van der Waals surface area contributed by atoms with Crippen LogP contribution in [0.4, 0.5) is 11.4 Å². The Morgan fingerprint density at radius 3 is 2.51 bits per heavy atom.